The van der Waals surface area contributed by atoms with E-state index in [2.05, 4.69) is 19.8 Å². The number of aromatic nitrogens is 4. The van der Waals surface area contributed by atoms with Crippen molar-refractivity contribution in [1.82, 2.24) is 24.2 Å². The Kier molecular flexibility index (Phi) is 5.12. The molecule has 1 unspecified atom stereocenters. The van der Waals surface area contributed by atoms with E-state index in [4.69, 9.17) is 25.6 Å². The van der Waals surface area contributed by atoms with E-state index in [9.17, 15) is 8.42 Å². The summed E-state index contributed by atoms with van der Waals surface area (Å²) in [7, 11) is -3.70. The molecule has 31 heavy (non-hydrogen) atoms. The highest BCUT2D eigenvalue weighted by molar-refractivity contribution is 7.86. The first-order valence-corrected chi connectivity index (χ1v) is 11.8. The summed E-state index contributed by atoms with van der Waals surface area (Å²) >= 11 is 0. The predicted molar refractivity (Wildman–Crippen MR) is 115 cm³/mol. The number of hydrogen-bond acceptors (Lipinski definition) is 10. The molecule has 12 nitrogen and oxygen atoms in total. The van der Waals surface area contributed by atoms with E-state index in [0.717, 1.165) is 35.6 Å². The number of morpholine rings is 1. The Morgan fingerprint density at radius 3 is 2.48 bits per heavy atom. The van der Waals surface area contributed by atoms with Gasteiger partial charge in [-0.15, -0.1) is 0 Å². The Hall–Kier alpha value is -2.61. The number of nitrogens with two attached hydrogens (primary N) is 2. The Morgan fingerprint density at radius 2 is 1.81 bits per heavy atom. The molecule has 0 aliphatic carbocycles. The fourth-order valence-corrected chi connectivity index (χ4v) is 5.16. The molecule has 166 valence electrons. The average Bonchev–Trinajstić information content (AvgIpc) is 3.41. The van der Waals surface area contributed by atoms with Gasteiger partial charge in [-0.05, 0) is 12.8 Å². The van der Waals surface area contributed by atoms with Gasteiger partial charge in [0.2, 0.25) is 11.9 Å². The fourth-order valence-electron chi connectivity index (χ4n) is 4.42. The molecule has 0 bridgehead atoms. The van der Waals surface area contributed by atoms with Gasteiger partial charge in [0.15, 0.2) is 0 Å². The summed E-state index contributed by atoms with van der Waals surface area (Å²) in [5.41, 5.74) is 8.25. The molecular formula is C18H25N9O3S. The highest BCUT2D eigenvalue weighted by Gasteiger charge is 2.37. The van der Waals surface area contributed by atoms with Crippen LogP contribution in [0.25, 0.3) is 11.3 Å². The fraction of sp³-hybridized carbons (Fsp3) is 0.556. The van der Waals surface area contributed by atoms with Crippen LogP contribution in [0.5, 0.6) is 0 Å². The molecule has 2 aromatic rings. The summed E-state index contributed by atoms with van der Waals surface area (Å²) in [6.45, 7) is 4.17. The Bertz CT molecular complexity index is 1070. The van der Waals surface area contributed by atoms with E-state index in [-0.39, 0.29) is 12.0 Å². The minimum Gasteiger partial charge on any atom is -0.378 e. The molecule has 3 aliphatic rings. The SMILES string of the molecule is Nc1ncc(-c2nc(N3CCOCC3)nc3c2CCN3C2CCN(S(N)(=O)=O)C2)cn1. The molecule has 0 aromatic carbocycles. The van der Waals surface area contributed by atoms with Crippen LogP contribution in [0.4, 0.5) is 17.7 Å². The van der Waals surface area contributed by atoms with Gasteiger partial charge in [-0.25, -0.2) is 20.1 Å². The summed E-state index contributed by atoms with van der Waals surface area (Å²) < 4.78 is 30.4. The van der Waals surface area contributed by atoms with Crippen LogP contribution in [0.2, 0.25) is 0 Å². The van der Waals surface area contributed by atoms with Crippen LogP contribution in [0.1, 0.15) is 12.0 Å². The van der Waals surface area contributed by atoms with Gasteiger partial charge in [-0.1, -0.05) is 0 Å². The highest BCUT2D eigenvalue weighted by Crippen LogP contribution is 2.37. The average molecular weight is 448 g/mol. The molecule has 5 heterocycles. The van der Waals surface area contributed by atoms with Crippen LogP contribution in [0, 0.1) is 0 Å². The summed E-state index contributed by atoms with van der Waals surface area (Å²) in [5, 5.41) is 5.34. The summed E-state index contributed by atoms with van der Waals surface area (Å²) in [4.78, 5) is 22.3. The number of nitrogens with zero attached hydrogens (tertiary/aromatic N) is 7. The van der Waals surface area contributed by atoms with Crippen LogP contribution < -0.4 is 20.7 Å². The standard InChI is InChI=1S/C18H25N9O3S/c19-17-21-9-12(10-22-17)15-14-2-4-27(13-1-3-26(11-13)31(20,28)29)16(14)24-18(23-15)25-5-7-30-8-6-25/h9-10,13H,1-8,11H2,(H2,19,21,22)(H2,20,28,29). The van der Waals surface area contributed by atoms with Crippen molar-refractivity contribution in [2.45, 2.75) is 18.9 Å². The van der Waals surface area contributed by atoms with Crippen LogP contribution in [0.3, 0.4) is 0 Å². The van der Waals surface area contributed by atoms with Gasteiger partial charge >= 0.3 is 0 Å². The third-order valence-electron chi connectivity index (χ3n) is 6.01. The summed E-state index contributed by atoms with van der Waals surface area (Å²) in [6.07, 6.45) is 4.81. The minimum absolute atomic E-state index is 0.0162. The second-order valence-electron chi connectivity index (χ2n) is 7.89. The third kappa shape index (κ3) is 3.89. The van der Waals surface area contributed by atoms with Crippen LogP contribution >= 0.6 is 0 Å². The molecule has 5 rings (SSSR count). The zero-order chi connectivity index (χ0) is 21.6. The number of nitrogen functional groups attached to an aromatic ring is 1. The van der Waals surface area contributed by atoms with E-state index in [1.165, 1.54) is 4.31 Å². The monoisotopic (exact) mass is 447 g/mol. The molecule has 1 atom stereocenters. The molecule has 0 spiro atoms. The van der Waals surface area contributed by atoms with Crippen LogP contribution in [-0.2, 0) is 21.4 Å². The zero-order valence-corrected chi connectivity index (χ0v) is 17.8. The largest absolute Gasteiger partial charge is 0.378 e. The van der Waals surface area contributed by atoms with Gasteiger partial charge in [-0.2, -0.15) is 17.7 Å². The number of fused-ring (bicyclic) bond motifs is 1. The summed E-state index contributed by atoms with van der Waals surface area (Å²) in [6, 6.07) is 0.0162. The zero-order valence-electron chi connectivity index (χ0n) is 17.0. The smallest absolute Gasteiger partial charge is 0.276 e. The van der Waals surface area contributed by atoms with Crippen LogP contribution in [0.15, 0.2) is 12.4 Å². The highest BCUT2D eigenvalue weighted by atomic mass is 32.2. The molecule has 2 saturated heterocycles. The van der Waals surface area contributed by atoms with Gasteiger partial charge in [0.05, 0.1) is 18.9 Å². The van der Waals surface area contributed by atoms with E-state index >= 15 is 0 Å². The van der Waals surface area contributed by atoms with Crippen LogP contribution in [-0.4, -0.2) is 84.6 Å². The van der Waals surface area contributed by atoms with Crippen molar-refractivity contribution in [3.05, 3.63) is 18.0 Å². The molecule has 0 amide bonds. The first-order valence-electron chi connectivity index (χ1n) is 10.3. The molecule has 0 radical (unpaired) electrons. The van der Waals surface area contributed by atoms with Gasteiger partial charge in [-0.3, -0.25) is 0 Å². The Labute approximate surface area is 180 Å². The molecule has 0 saturated carbocycles. The quantitative estimate of drug-likeness (QED) is 0.595. The lowest BCUT2D eigenvalue weighted by atomic mass is 10.1. The second-order valence-corrected chi connectivity index (χ2v) is 9.44. The van der Waals surface area contributed by atoms with E-state index < -0.39 is 10.2 Å². The first kappa shape index (κ1) is 20.3. The maximum Gasteiger partial charge on any atom is 0.276 e. The number of anilines is 3. The predicted octanol–water partition coefficient (Wildman–Crippen LogP) is -1.01. The van der Waals surface area contributed by atoms with E-state index in [1.807, 2.05) is 0 Å². The Morgan fingerprint density at radius 1 is 1.06 bits per heavy atom. The van der Waals surface area contributed by atoms with Crippen molar-refractivity contribution >= 4 is 27.9 Å². The summed E-state index contributed by atoms with van der Waals surface area (Å²) in [5.74, 6) is 1.67. The van der Waals surface area contributed by atoms with Crippen molar-refractivity contribution in [2.75, 3.05) is 61.5 Å². The van der Waals surface area contributed by atoms with Crippen molar-refractivity contribution < 1.29 is 13.2 Å². The first-order chi connectivity index (χ1) is 14.9. The molecule has 13 heteroatoms. The lowest BCUT2D eigenvalue weighted by Crippen LogP contribution is -2.41. The third-order valence-corrected chi connectivity index (χ3v) is 7.07. The molecule has 3 aliphatic heterocycles. The van der Waals surface area contributed by atoms with Gasteiger partial charge in [0.1, 0.15) is 5.82 Å². The normalized spacial score (nSPS) is 22.2. The molecule has 4 N–H and O–H groups in total. The van der Waals surface area contributed by atoms with Crippen molar-refractivity contribution in [3.8, 4) is 11.3 Å². The minimum atomic E-state index is -3.70. The van der Waals surface area contributed by atoms with Gasteiger partial charge in [0.25, 0.3) is 10.2 Å². The number of hydrogen-bond donors (Lipinski definition) is 2. The van der Waals surface area contributed by atoms with Crippen molar-refractivity contribution in [2.24, 2.45) is 5.14 Å². The van der Waals surface area contributed by atoms with Crippen molar-refractivity contribution in [1.29, 1.82) is 0 Å². The van der Waals surface area contributed by atoms with Gasteiger partial charge in [0, 0.05) is 62.3 Å². The van der Waals surface area contributed by atoms with E-state index in [0.29, 0.717) is 51.8 Å². The molecule has 2 aromatic heterocycles. The lowest BCUT2D eigenvalue weighted by molar-refractivity contribution is 0.122. The topological polar surface area (TPSA) is 157 Å². The molecule has 2 fully saturated rings. The Balaban J connectivity index is 1.54. The lowest BCUT2D eigenvalue weighted by Gasteiger charge is -2.30. The second kappa shape index (κ2) is 7.82. The maximum absolute atomic E-state index is 11.8. The number of rotatable bonds is 4. The van der Waals surface area contributed by atoms with E-state index in [1.54, 1.807) is 12.4 Å². The maximum atomic E-state index is 11.8. The van der Waals surface area contributed by atoms with Gasteiger partial charge < -0.3 is 20.3 Å². The number of ether oxygens (including phenoxy) is 1. The molecular weight excluding hydrogens is 422 g/mol. The van der Waals surface area contributed by atoms with Crippen molar-refractivity contribution in [3.63, 3.8) is 0 Å².